The van der Waals surface area contributed by atoms with E-state index in [4.69, 9.17) is 14.5 Å². The Kier molecular flexibility index (Phi) is 8.03. The zero-order valence-electron chi connectivity index (χ0n) is 21.4. The predicted molar refractivity (Wildman–Crippen MR) is 138 cm³/mol. The number of ether oxygens (including phenoxy) is 2. The second-order valence-corrected chi connectivity index (χ2v) is 8.91. The lowest BCUT2D eigenvalue weighted by atomic mass is 10.0. The topological polar surface area (TPSA) is 67.8 Å². The molecule has 0 spiro atoms. The van der Waals surface area contributed by atoms with E-state index in [0.29, 0.717) is 48.9 Å². The number of amides is 1. The summed E-state index contributed by atoms with van der Waals surface area (Å²) in [6, 6.07) is 11.9. The monoisotopic (exact) mass is 492 g/mol. The van der Waals surface area contributed by atoms with Crippen molar-refractivity contribution in [3.05, 3.63) is 76.5 Å². The molecule has 8 heteroatoms. The lowest BCUT2D eigenvalue weighted by molar-refractivity contribution is 0.0766. The third-order valence-corrected chi connectivity index (χ3v) is 6.47. The number of anilines is 1. The Balaban J connectivity index is 1.59. The molecule has 7 nitrogen and oxygen atoms in total. The smallest absolute Gasteiger partial charge is 0.254 e. The van der Waals surface area contributed by atoms with Gasteiger partial charge in [-0.2, -0.15) is 0 Å². The van der Waals surface area contributed by atoms with E-state index in [-0.39, 0.29) is 11.7 Å². The van der Waals surface area contributed by atoms with Gasteiger partial charge in [0.05, 0.1) is 14.2 Å². The quantitative estimate of drug-likeness (QED) is 0.486. The molecule has 2 aromatic carbocycles. The number of hydrogen-bond acceptors (Lipinski definition) is 6. The highest BCUT2D eigenvalue weighted by Crippen LogP contribution is 2.27. The number of benzene rings is 2. The van der Waals surface area contributed by atoms with Crippen molar-refractivity contribution in [2.75, 3.05) is 45.3 Å². The van der Waals surface area contributed by atoms with Gasteiger partial charge in [-0.3, -0.25) is 4.79 Å². The van der Waals surface area contributed by atoms with Crippen molar-refractivity contribution in [2.45, 2.75) is 33.1 Å². The lowest BCUT2D eigenvalue weighted by Gasteiger charge is -2.26. The van der Waals surface area contributed by atoms with Crippen LogP contribution in [0.2, 0.25) is 0 Å². The number of carbonyl (C=O) groups excluding carboxylic acids is 1. The van der Waals surface area contributed by atoms with Crippen LogP contribution in [-0.2, 0) is 12.8 Å². The first-order valence-electron chi connectivity index (χ1n) is 12.3. The summed E-state index contributed by atoms with van der Waals surface area (Å²) >= 11 is 0. The second-order valence-electron chi connectivity index (χ2n) is 8.91. The molecule has 2 heterocycles. The molecule has 1 amide bonds. The van der Waals surface area contributed by atoms with E-state index in [9.17, 15) is 9.18 Å². The van der Waals surface area contributed by atoms with Gasteiger partial charge in [-0.05, 0) is 49.6 Å². The highest BCUT2D eigenvalue weighted by molar-refractivity contribution is 5.95. The van der Waals surface area contributed by atoms with E-state index in [2.05, 4.69) is 16.8 Å². The standard InChI is InChI=1S/C28H33FN4O3/c1-5-26-25(15-20-8-6-9-22(29)14-20)27(31-19(2)30-26)32-10-7-11-33(13-12-32)28(34)21-16-23(35-3)18-24(17-21)36-4/h6,8-9,14,16-18H,5,7,10-13,15H2,1-4H3. The molecule has 0 bridgehead atoms. The number of rotatable bonds is 7. The summed E-state index contributed by atoms with van der Waals surface area (Å²) in [5, 5.41) is 0. The van der Waals surface area contributed by atoms with E-state index >= 15 is 0 Å². The van der Waals surface area contributed by atoms with Crippen LogP contribution in [0.5, 0.6) is 11.5 Å². The largest absolute Gasteiger partial charge is 0.497 e. The number of halogens is 1. The molecule has 36 heavy (non-hydrogen) atoms. The molecule has 3 aromatic rings. The maximum atomic E-state index is 13.9. The minimum absolute atomic E-state index is 0.0536. The van der Waals surface area contributed by atoms with E-state index in [0.717, 1.165) is 42.0 Å². The second kappa shape index (κ2) is 11.4. The van der Waals surface area contributed by atoms with Crippen LogP contribution in [-0.4, -0.2) is 61.2 Å². The lowest BCUT2D eigenvalue weighted by Crippen LogP contribution is -2.36. The van der Waals surface area contributed by atoms with Gasteiger partial charge in [0.1, 0.15) is 29.0 Å². The first-order chi connectivity index (χ1) is 17.4. The maximum Gasteiger partial charge on any atom is 0.254 e. The summed E-state index contributed by atoms with van der Waals surface area (Å²) in [6.45, 7) is 6.58. The molecule has 0 radical (unpaired) electrons. The molecule has 1 aromatic heterocycles. The summed E-state index contributed by atoms with van der Waals surface area (Å²) in [5.41, 5.74) is 3.42. The number of aromatic nitrogens is 2. The van der Waals surface area contributed by atoms with E-state index in [1.807, 2.05) is 17.9 Å². The van der Waals surface area contributed by atoms with Crippen molar-refractivity contribution in [3.63, 3.8) is 0 Å². The van der Waals surface area contributed by atoms with Crippen molar-refractivity contribution in [3.8, 4) is 11.5 Å². The summed E-state index contributed by atoms with van der Waals surface area (Å²) in [6.07, 6.45) is 2.12. The van der Waals surface area contributed by atoms with Crippen LogP contribution >= 0.6 is 0 Å². The summed E-state index contributed by atoms with van der Waals surface area (Å²) in [7, 11) is 3.14. The molecule has 0 atom stereocenters. The third kappa shape index (κ3) is 5.75. The first kappa shape index (κ1) is 25.4. The van der Waals surface area contributed by atoms with Crippen molar-refractivity contribution < 1.29 is 18.7 Å². The predicted octanol–water partition coefficient (Wildman–Crippen LogP) is 4.45. The molecule has 190 valence electrons. The molecule has 0 saturated carbocycles. The van der Waals surface area contributed by atoms with Gasteiger partial charge in [-0.1, -0.05) is 19.1 Å². The first-order valence-corrected chi connectivity index (χ1v) is 12.3. The van der Waals surface area contributed by atoms with Crippen LogP contribution in [0.4, 0.5) is 10.2 Å². The number of nitrogens with zero attached hydrogens (tertiary/aromatic N) is 4. The van der Waals surface area contributed by atoms with Crippen molar-refractivity contribution >= 4 is 11.7 Å². The van der Waals surface area contributed by atoms with Crippen LogP contribution in [0.3, 0.4) is 0 Å². The maximum absolute atomic E-state index is 13.9. The fraction of sp³-hybridized carbons (Fsp3) is 0.393. The molecule has 0 unspecified atom stereocenters. The fourth-order valence-electron chi connectivity index (χ4n) is 4.67. The zero-order chi connectivity index (χ0) is 25.7. The number of hydrogen-bond donors (Lipinski definition) is 0. The van der Waals surface area contributed by atoms with Gasteiger partial charge >= 0.3 is 0 Å². The Labute approximate surface area is 211 Å². The Morgan fingerprint density at radius 1 is 1.00 bits per heavy atom. The van der Waals surface area contributed by atoms with E-state index < -0.39 is 0 Å². The molecule has 1 fully saturated rings. The van der Waals surface area contributed by atoms with Gasteiger partial charge in [-0.15, -0.1) is 0 Å². The molecule has 4 rings (SSSR count). The molecular formula is C28H33FN4O3. The third-order valence-electron chi connectivity index (χ3n) is 6.47. The highest BCUT2D eigenvalue weighted by atomic mass is 19.1. The average molecular weight is 493 g/mol. The summed E-state index contributed by atoms with van der Waals surface area (Å²) in [5.74, 6) is 2.45. The number of carbonyl (C=O) groups is 1. The Morgan fingerprint density at radius 3 is 2.42 bits per heavy atom. The Hall–Kier alpha value is -3.68. The summed E-state index contributed by atoms with van der Waals surface area (Å²) in [4.78, 5) is 27.0. The summed E-state index contributed by atoms with van der Waals surface area (Å²) < 4.78 is 24.6. The van der Waals surface area contributed by atoms with Gasteiger partial charge in [-0.25, -0.2) is 14.4 Å². The van der Waals surface area contributed by atoms with Crippen LogP contribution < -0.4 is 14.4 Å². The van der Waals surface area contributed by atoms with Gasteiger partial charge in [0.2, 0.25) is 0 Å². The molecule has 0 aliphatic carbocycles. The van der Waals surface area contributed by atoms with Crippen molar-refractivity contribution in [1.29, 1.82) is 0 Å². The van der Waals surface area contributed by atoms with E-state index in [1.165, 1.54) is 6.07 Å². The Morgan fingerprint density at radius 2 is 1.75 bits per heavy atom. The van der Waals surface area contributed by atoms with Crippen LogP contribution in [0.1, 0.15) is 46.3 Å². The molecule has 0 N–H and O–H groups in total. The van der Waals surface area contributed by atoms with Gasteiger partial charge in [0, 0.05) is 55.5 Å². The minimum Gasteiger partial charge on any atom is -0.497 e. The van der Waals surface area contributed by atoms with Crippen molar-refractivity contribution in [2.24, 2.45) is 0 Å². The van der Waals surface area contributed by atoms with Crippen LogP contribution in [0, 0.1) is 12.7 Å². The fourth-order valence-corrected chi connectivity index (χ4v) is 4.67. The molecule has 1 aliphatic heterocycles. The van der Waals surface area contributed by atoms with Crippen LogP contribution in [0.25, 0.3) is 0 Å². The van der Waals surface area contributed by atoms with Gasteiger partial charge in [0.15, 0.2) is 0 Å². The van der Waals surface area contributed by atoms with Crippen LogP contribution in [0.15, 0.2) is 42.5 Å². The molecule has 1 aliphatic rings. The number of methoxy groups -OCH3 is 2. The normalized spacial score (nSPS) is 13.9. The zero-order valence-corrected chi connectivity index (χ0v) is 21.4. The van der Waals surface area contributed by atoms with Gasteiger partial charge in [0.25, 0.3) is 5.91 Å². The molecular weight excluding hydrogens is 459 g/mol. The number of aryl methyl sites for hydroxylation is 2. The molecule has 1 saturated heterocycles. The van der Waals surface area contributed by atoms with Crippen molar-refractivity contribution in [1.82, 2.24) is 14.9 Å². The van der Waals surface area contributed by atoms with Gasteiger partial charge < -0.3 is 19.3 Å². The highest BCUT2D eigenvalue weighted by Gasteiger charge is 2.25. The SMILES string of the molecule is CCc1nc(C)nc(N2CCCN(C(=O)c3cc(OC)cc(OC)c3)CC2)c1Cc1cccc(F)c1. The average Bonchev–Trinajstić information content (AvgIpc) is 3.15. The minimum atomic E-state index is -0.252. The Bertz CT molecular complexity index is 1210. The van der Waals surface area contributed by atoms with E-state index in [1.54, 1.807) is 44.6 Å².